The molecule has 5 nitrogen and oxygen atoms in total. The number of alkyl halides is 3. The topological polar surface area (TPSA) is 71.5 Å². The van der Waals surface area contributed by atoms with Crippen molar-refractivity contribution in [2.24, 2.45) is 0 Å². The number of aryl methyl sites for hydroxylation is 1. The number of carbonyl (C=O) groups is 1. The lowest BCUT2D eigenvalue weighted by Gasteiger charge is -2.15. The quantitative estimate of drug-likeness (QED) is 0.305. The highest BCUT2D eigenvalue weighted by atomic mass is 32.1. The summed E-state index contributed by atoms with van der Waals surface area (Å²) in [5, 5.41) is 12.3. The van der Waals surface area contributed by atoms with Crippen LogP contribution in [-0.4, -0.2) is 22.7 Å². The van der Waals surface area contributed by atoms with Gasteiger partial charge in [0, 0.05) is 16.1 Å². The number of benzene rings is 2. The Morgan fingerprint density at radius 3 is 2.52 bits per heavy atom. The molecule has 0 saturated heterocycles. The van der Waals surface area contributed by atoms with Gasteiger partial charge in [-0.25, -0.2) is 4.98 Å². The zero-order chi connectivity index (χ0) is 24.0. The molecule has 3 aromatic rings. The molecule has 0 bridgehead atoms. The largest absolute Gasteiger partial charge is 0.493 e. The maximum Gasteiger partial charge on any atom is 0.420 e. The van der Waals surface area contributed by atoms with Crippen LogP contribution in [-0.2, 0) is 17.4 Å². The van der Waals surface area contributed by atoms with Crippen LogP contribution in [0.15, 0.2) is 42.5 Å². The van der Waals surface area contributed by atoms with Gasteiger partial charge in [-0.3, -0.25) is 4.79 Å². The van der Waals surface area contributed by atoms with Crippen molar-refractivity contribution in [1.29, 1.82) is 0 Å². The summed E-state index contributed by atoms with van der Waals surface area (Å²) in [4.78, 5) is 16.3. The lowest BCUT2D eigenvalue weighted by atomic mass is 10.1. The highest BCUT2D eigenvalue weighted by Crippen LogP contribution is 2.39. The van der Waals surface area contributed by atoms with Gasteiger partial charge in [0.1, 0.15) is 5.75 Å². The van der Waals surface area contributed by atoms with Gasteiger partial charge in [-0.15, -0.1) is 11.3 Å². The molecule has 0 fully saturated rings. The summed E-state index contributed by atoms with van der Waals surface area (Å²) >= 11 is 1.33. The van der Waals surface area contributed by atoms with Crippen molar-refractivity contribution in [3.63, 3.8) is 0 Å². The molecule has 0 atom stereocenters. The number of aliphatic carboxylic acids is 1. The monoisotopic (exact) mass is 478 g/mol. The maximum absolute atomic E-state index is 13.6. The molecule has 0 saturated carbocycles. The predicted octanol–water partition coefficient (Wildman–Crippen LogP) is 7.08. The third-order valence-electron chi connectivity index (χ3n) is 4.92. The van der Waals surface area contributed by atoms with Gasteiger partial charge in [-0.1, -0.05) is 44.0 Å². The number of unbranched alkanes of at least 4 members (excludes halogenated alkanes) is 2. The van der Waals surface area contributed by atoms with Crippen molar-refractivity contribution in [1.82, 2.24) is 4.98 Å². The molecule has 1 heterocycles. The molecule has 9 heteroatoms. The molecule has 0 aliphatic rings. The average Bonchev–Trinajstić information content (AvgIpc) is 3.11. The SMILES string of the molecule is CCCCCOc1ccc(Nc2nc(-c3ccc(CC(=O)O)cc3)c(C)s2)cc1C(F)(F)F. The second-order valence-corrected chi connectivity index (χ2v) is 8.78. The van der Waals surface area contributed by atoms with Crippen molar-refractivity contribution < 1.29 is 27.8 Å². The fraction of sp³-hybridized carbons (Fsp3) is 0.333. The Morgan fingerprint density at radius 1 is 1.15 bits per heavy atom. The van der Waals surface area contributed by atoms with E-state index < -0.39 is 17.7 Å². The number of nitrogens with zero attached hydrogens (tertiary/aromatic N) is 1. The first-order valence-corrected chi connectivity index (χ1v) is 11.4. The number of hydrogen-bond acceptors (Lipinski definition) is 5. The fourth-order valence-corrected chi connectivity index (χ4v) is 4.14. The normalized spacial score (nSPS) is 11.4. The minimum Gasteiger partial charge on any atom is -0.493 e. The van der Waals surface area contributed by atoms with E-state index in [2.05, 4.69) is 10.3 Å². The Hall–Kier alpha value is -3.07. The summed E-state index contributed by atoms with van der Waals surface area (Å²) in [6.07, 6.45) is -2.05. The highest BCUT2D eigenvalue weighted by Gasteiger charge is 2.34. The lowest BCUT2D eigenvalue weighted by Crippen LogP contribution is -2.10. The van der Waals surface area contributed by atoms with Crippen LogP contribution in [0.1, 0.15) is 42.2 Å². The lowest BCUT2D eigenvalue weighted by molar-refractivity contribution is -0.139. The van der Waals surface area contributed by atoms with Crippen molar-refractivity contribution in [3.8, 4) is 17.0 Å². The molecule has 0 aliphatic heterocycles. The molecule has 0 aliphatic carbocycles. The zero-order valence-corrected chi connectivity index (χ0v) is 19.1. The molecular formula is C24H25F3N2O3S. The van der Waals surface area contributed by atoms with Crippen molar-refractivity contribution in [3.05, 3.63) is 58.5 Å². The van der Waals surface area contributed by atoms with E-state index >= 15 is 0 Å². The molecule has 1 aromatic heterocycles. The molecule has 0 radical (unpaired) electrons. The Bertz CT molecular complexity index is 1100. The first-order valence-electron chi connectivity index (χ1n) is 10.6. The second kappa shape index (κ2) is 10.7. The smallest absolute Gasteiger partial charge is 0.420 e. The minimum atomic E-state index is -4.54. The Kier molecular flexibility index (Phi) is 7.97. The van der Waals surface area contributed by atoms with Gasteiger partial charge >= 0.3 is 12.1 Å². The minimum absolute atomic E-state index is 0.0665. The van der Waals surface area contributed by atoms with Crippen molar-refractivity contribution in [2.75, 3.05) is 11.9 Å². The molecule has 2 aromatic carbocycles. The molecule has 33 heavy (non-hydrogen) atoms. The van der Waals surface area contributed by atoms with Gasteiger partial charge in [0.25, 0.3) is 0 Å². The summed E-state index contributed by atoms with van der Waals surface area (Å²) in [6.45, 7) is 4.13. The van der Waals surface area contributed by atoms with E-state index in [1.54, 1.807) is 30.3 Å². The molecular weight excluding hydrogens is 453 g/mol. The number of rotatable bonds is 10. The van der Waals surface area contributed by atoms with Gasteiger partial charge in [0.15, 0.2) is 5.13 Å². The second-order valence-electron chi connectivity index (χ2n) is 7.58. The van der Waals surface area contributed by atoms with Gasteiger partial charge < -0.3 is 15.2 Å². The Morgan fingerprint density at radius 2 is 1.88 bits per heavy atom. The number of ether oxygens (including phenoxy) is 1. The van der Waals surface area contributed by atoms with Crippen LogP contribution in [0.5, 0.6) is 5.75 Å². The maximum atomic E-state index is 13.6. The van der Waals surface area contributed by atoms with E-state index in [9.17, 15) is 18.0 Å². The number of anilines is 2. The Labute approximate surface area is 194 Å². The van der Waals surface area contributed by atoms with Gasteiger partial charge in [-0.2, -0.15) is 13.2 Å². The fourth-order valence-electron chi connectivity index (χ4n) is 3.29. The number of carboxylic acid groups (broad SMARTS) is 1. The van der Waals surface area contributed by atoms with E-state index in [4.69, 9.17) is 9.84 Å². The Balaban J connectivity index is 1.78. The number of nitrogens with one attached hydrogen (secondary N) is 1. The molecule has 0 amide bonds. The first-order chi connectivity index (χ1) is 15.7. The van der Waals surface area contributed by atoms with Crippen LogP contribution in [0.3, 0.4) is 0 Å². The van der Waals surface area contributed by atoms with Crippen LogP contribution in [0.4, 0.5) is 24.0 Å². The van der Waals surface area contributed by atoms with Gasteiger partial charge in [0.2, 0.25) is 0 Å². The summed E-state index contributed by atoms with van der Waals surface area (Å²) in [6, 6.07) is 10.9. The number of carboxylic acids is 1. The predicted molar refractivity (Wildman–Crippen MR) is 123 cm³/mol. The van der Waals surface area contributed by atoms with E-state index in [1.165, 1.54) is 17.4 Å². The molecule has 0 unspecified atom stereocenters. The van der Waals surface area contributed by atoms with Gasteiger partial charge in [0.05, 0.1) is 24.3 Å². The zero-order valence-electron chi connectivity index (χ0n) is 18.3. The summed E-state index contributed by atoms with van der Waals surface area (Å²) in [5.74, 6) is -1.09. The summed E-state index contributed by atoms with van der Waals surface area (Å²) in [7, 11) is 0. The van der Waals surface area contributed by atoms with Crippen LogP contribution in [0, 0.1) is 6.92 Å². The highest BCUT2D eigenvalue weighted by molar-refractivity contribution is 7.16. The van der Waals surface area contributed by atoms with Crippen LogP contribution in [0.2, 0.25) is 0 Å². The standard InChI is InChI=1S/C24H25F3N2O3S/c1-3-4-5-12-32-20-11-10-18(14-19(20)24(25,26)27)28-23-29-22(15(2)33-23)17-8-6-16(7-9-17)13-21(30)31/h6-11,14H,3-5,12-13H2,1-2H3,(H,28,29)(H,30,31). The van der Waals surface area contributed by atoms with E-state index in [0.717, 1.165) is 29.3 Å². The third-order valence-corrected chi connectivity index (χ3v) is 5.81. The van der Waals surface area contributed by atoms with Crippen LogP contribution >= 0.6 is 11.3 Å². The number of hydrogen-bond donors (Lipinski definition) is 2. The van der Waals surface area contributed by atoms with E-state index in [1.807, 2.05) is 13.8 Å². The van der Waals surface area contributed by atoms with Crippen molar-refractivity contribution in [2.45, 2.75) is 45.7 Å². The first kappa shape index (κ1) is 24.6. The molecule has 3 rings (SSSR count). The van der Waals surface area contributed by atoms with Crippen LogP contribution < -0.4 is 10.1 Å². The summed E-state index contributed by atoms with van der Waals surface area (Å²) in [5.41, 5.74) is 1.61. The van der Waals surface area contributed by atoms with Gasteiger partial charge in [-0.05, 0) is 37.1 Å². The third kappa shape index (κ3) is 6.71. The molecule has 2 N–H and O–H groups in total. The number of thiazole rings is 1. The number of halogens is 3. The summed E-state index contributed by atoms with van der Waals surface area (Å²) < 4.78 is 46.1. The van der Waals surface area contributed by atoms with E-state index in [0.29, 0.717) is 22.8 Å². The molecule has 176 valence electrons. The number of aromatic nitrogens is 1. The average molecular weight is 479 g/mol. The van der Waals surface area contributed by atoms with Crippen LogP contribution in [0.25, 0.3) is 11.3 Å². The van der Waals surface area contributed by atoms with E-state index in [-0.39, 0.29) is 24.5 Å². The molecule has 0 spiro atoms. The van der Waals surface area contributed by atoms with Crippen molar-refractivity contribution >= 4 is 28.1 Å².